The molecule has 9 heteroatoms. The van der Waals surface area contributed by atoms with E-state index >= 15 is 0 Å². The van der Waals surface area contributed by atoms with Crippen molar-refractivity contribution < 1.29 is 0 Å². The van der Waals surface area contributed by atoms with Gasteiger partial charge in [0.25, 0.3) is 0 Å². The van der Waals surface area contributed by atoms with Crippen LogP contribution in [0.5, 0.6) is 0 Å². The van der Waals surface area contributed by atoms with Gasteiger partial charge in [-0.1, -0.05) is 30.4 Å². The topological polar surface area (TPSA) is 79.3 Å². The summed E-state index contributed by atoms with van der Waals surface area (Å²) < 4.78 is 1.81. The summed E-state index contributed by atoms with van der Waals surface area (Å²) in [4.78, 5) is 15.4. The normalized spacial score (nSPS) is 14.5. The highest BCUT2D eigenvalue weighted by molar-refractivity contribution is 5.85. The number of anilines is 3. The van der Waals surface area contributed by atoms with Gasteiger partial charge in [-0.25, -0.2) is 4.68 Å². The van der Waals surface area contributed by atoms with Gasteiger partial charge in [-0.2, -0.15) is 15.1 Å². The summed E-state index contributed by atoms with van der Waals surface area (Å²) in [5.41, 5.74) is 9.29. The molecule has 0 amide bonds. The molecule has 3 aromatic rings. The van der Waals surface area contributed by atoms with E-state index in [1.165, 1.54) is 5.69 Å². The Hall–Kier alpha value is -3.10. The van der Waals surface area contributed by atoms with Gasteiger partial charge in [-0.05, 0) is 19.1 Å². The Morgan fingerprint density at radius 2 is 1.78 bits per heavy atom. The molecule has 2 aromatic heterocycles. The number of halogens is 1. The predicted molar refractivity (Wildman–Crippen MR) is 134 cm³/mol. The zero-order valence-electron chi connectivity index (χ0n) is 18.8. The molecular weight excluding hydrogens is 424 g/mol. The molecule has 170 valence electrons. The van der Waals surface area contributed by atoms with Gasteiger partial charge in [-0.3, -0.25) is 4.90 Å². The van der Waals surface area contributed by atoms with Gasteiger partial charge >= 0.3 is 0 Å². The Morgan fingerprint density at radius 3 is 2.47 bits per heavy atom. The van der Waals surface area contributed by atoms with Crippen molar-refractivity contribution >= 4 is 35.9 Å². The van der Waals surface area contributed by atoms with Crippen LogP contribution in [0.2, 0.25) is 0 Å². The van der Waals surface area contributed by atoms with Crippen molar-refractivity contribution in [2.24, 2.45) is 0 Å². The fourth-order valence-corrected chi connectivity index (χ4v) is 3.75. The number of nitrogens with zero attached hydrogens (tertiary/aromatic N) is 7. The van der Waals surface area contributed by atoms with Gasteiger partial charge in [0.1, 0.15) is 5.82 Å². The van der Waals surface area contributed by atoms with Crippen molar-refractivity contribution in [1.29, 1.82) is 0 Å². The van der Waals surface area contributed by atoms with Crippen LogP contribution in [0, 0.1) is 6.92 Å². The smallest absolute Gasteiger partial charge is 0.224 e. The average Bonchev–Trinajstić information content (AvgIpc) is 3.15. The molecule has 1 fully saturated rings. The minimum atomic E-state index is 0. The molecule has 0 spiro atoms. The van der Waals surface area contributed by atoms with E-state index in [2.05, 4.69) is 67.4 Å². The molecular formula is C23H31ClN8. The Morgan fingerprint density at radius 1 is 1.06 bits per heavy atom. The molecule has 3 heterocycles. The van der Waals surface area contributed by atoms with E-state index in [0.29, 0.717) is 5.82 Å². The first kappa shape index (κ1) is 23.6. The third kappa shape index (κ3) is 5.38. The quantitative estimate of drug-likeness (QED) is 0.613. The molecule has 1 aromatic carbocycles. The van der Waals surface area contributed by atoms with Crippen LogP contribution in [0.4, 0.5) is 17.5 Å². The molecule has 0 aliphatic carbocycles. The first-order valence-corrected chi connectivity index (χ1v) is 10.6. The second-order valence-corrected chi connectivity index (χ2v) is 7.96. The number of rotatable bonds is 6. The summed E-state index contributed by atoms with van der Waals surface area (Å²) in [6, 6.07) is 12.5. The maximum absolute atomic E-state index is 5.89. The number of piperazine rings is 1. The Balaban J connectivity index is 0.00000289. The van der Waals surface area contributed by atoms with E-state index in [1.807, 2.05) is 42.9 Å². The van der Waals surface area contributed by atoms with E-state index in [-0.39, 0.29) is 18.4 Å². The van der Waals surface area contributed by atoms with Crippen LogP contribution in [-0.2, 0) is 0 Å². The van der Waals surface area contributed by atoms with Crippen LogP contribution < -0.4 is 15.5 Å². The lowest BCUT2D eigenvalue weighted by Gasteiger charge is -2.35. The van der Waals surface area contributed by atoms with Gasteiger partial charge in [0.2, 0.25) is 5.95 Å². The zero-order valence-corrected chi connectivity index (χ0v) is 19.7. The number of benzene rings is 1. The third-order valence-corrected chi connectivity index (χ3v) is 5.59. The number of nitrogen functional groups attached to an aromatic ring is 1. The maximum Gasteiger partial charge on any atom is 0.224 e. The predicted octanol–water partition coefficient (Wildman–Crippen LogP) is 2.88. The molecule has 1 aliphatic rings. The summed E-state index contributed by atoms with van der Waals surface area (Å²) in [6.07, 6.45) is 6.22. The van der Waals surface area contributed by atoms with Crippen LogP contribution in [0.3, 0.4) is 0 Å². The van der Waals surface area contributed by atoms with Crippen molar-refractivity contribution in [2.75, 3.05) is 62.4 Å². The fourth-order valence-electron chi connectivity index (χ4n) is 3.75. The number of aromatic nitrogens is 4. The molecule has 0 bridgehead atoms. The summed E-state index contributed by atoms with van der Waals surface area (Å²) in [7, 11) is 3.85. The van der Waals surface area contributed by atoms with E-state index in [1.54, 1.807) is 0 Å². The largest absolute Gasteiger partial charge is 0.369 e. The van der Waals surface area contributed by atoms with Crippen LogP contribution in [-0.4, -0.2) is 71.5 Å². The number of para-hydroxylation sites is 1. The van der Waals surface area contributed by atoms with Gasteiger partial charge in [0.05, 0.1) is 11.9 Å². The van der Waals surface area contributed by atoms with Crippen LogP contribution in [0.15, 0.2) is 48.7 Å². The first-order chi connectivity index (χ1) is 15.0. The summed E-state index contributed by atoms with van der Waals surface area (Å²) in [6.45, 7) is 7.20. The van der Waals surface area contributed by atoms with Crippen LogP contribution in [0.25, 0.3) is 11.9 Å². The number of hydrogen-bond acceptors (Lipinski definition) is 7. The van der Waals surface area contributed by atoms with Crippen molar-refractivity contribution in [3.8, 4) is 5.82 Å². The second-order valence-electron chi connectivity index (χ2n) is 7.96. The molecule has 0 radical (unpaired) electrons. The summed E-state index contributed by atoms with van der Waals surface area (Å²) >= 11 is 0. The van der Waals surface area contributed by atoms with E-state index in [9.17, 15) is 0 Å². The van der Waals surface area contributed by atoms with Gasteiger partial charge < -0.3 is 15.5 Å². The van der Waals surface area contributed by atoms with E-state index in [4.69, 9.17) is 5.73 Å². The minimum absolute atomic E-state index is 0. The SMILES string of the molecule is Cc1c(/C=C/CN2CCN(c3ccccc3)CC2)cnn1-c1cc(N(C)C)nc(N)n1.Cl. The zero-order chi connectivity index (χ0) is 21.8. The van der Waals surface area contributed by atoms with Crippen LogP contribution >= 0.6 is 12.4 Å². The monoisotopic (exact) mass is 454 g/mol. The standard InChI is InChI=1S/C23H30N8.ClH/c1-18-19(17-25-31(18)22-16-21(28(2)3)26-23(24)27-22)8-7-11-29-12-14-30(15-13-29)20-9-5-4-6-10-20;/h4-10,16-17H,11-15H2,1-3H3,(H2,24,26,27);1H/b8-7+;. The Kier molecular flexibility index (Phi) is 7.71. The van der Waals surface area contributed by atoms with E-state index in [0.717, 1.165) is 49.8 Å². The average molecular weight is 455 g/mol. The molecule has 2 N–H and O–H groups in total. The van der Waals surface area contributed by atoms with Crippen LogP contribution in [0.1, 0.15) is 11.3 Å². The molecule has 4 rings (SSSR count). The van der Waals surface area contributed by atoms with Gasteiger partial charge in [0, 0.05) is 64.1 Å². The maximum atomic E-state index is 5.89. The highest BCUT2D eigenvalue weighted by atomic mass is 35.5. The van der Waals surface area contributed by atoms with Crippen molar-refractivity contribution in [3.05, 3.63) is 59.9 Å². The highest BCUT2D eigenvalue weighted by Crippen LogP contribution is 2.19. The van der Waals surface area contributed by atoms with Crippen molar-refractivity contribution in [3.63, 3.8) is 0 Å². The molecule has 8 nitrogen and oxygen atoms in total. The lowest BCUT2D eigenvalue weighted by atomic mass is 10.2. The number of hydrogen-bond donors (Lipinski definition) is 1. The Bertz CT molecular complexity index is 1040. The molecule has 0 atom stereocenters. The van der Waals surface area contributed by atoms with Crippen molar-refractivity contribution in [1.82, 2.24) is 24.6 Å². The molecule has 0 unspecified atom stereocenters. The minimum Gasteiger partial charge on any atom is -0.369 e. The molecule has 1 aliphatic heterocycles. The Labute approximate surface area is 195 Å². The lowest BCUT2D eigenvalue weighted by Crippen LogP contribution is -2.46. The molecule has 32 heavy (non-hydrogen) atoms. The molecule has 0 saturated carbocycles. The second kappa shape index (κ2) is 10.5. The van der Waals surface area contributed by atoms with E-state index < -0.39 is 0 Å². The first-order valence-electron chi connectivity index (χ1n) is 10.6. The summed E-state index contributed by atoms with van der Waals surface area (Å²) in [5.74, 6) is 1.66. The highest BCUT2D eigenvalue weighted by Gasteiger charge is 2.16. The fraction of sp³-hybridized carbons (Fsp3) is 0.348. The third-order valence-electron chi connectivity index (χ3n) is 5.59. The lowest BCUT2D eigenvalue weighted by molar-refractivity contribution is 0.284. The van der Waals surface area contributed by atoms with Gasteiger partial charge in [0.15, 0.2) is 5.82 Å². The number of nitrogens with two attached hydrogens (primary N) is 1. The molecule has 1 saturated heterocycles. The van der Waals surface area contributed by atoms with Gasteiger partial charge in [-0.15, -0.1) is 12.4 Å². The summed E-state index contributed by atoms with van der Waals surface area (Å²) in [5, 5.41) is 4.52. The van der Waals surface area contributed by atoms with Crippen molar-refractivity contribution in [2.45, 2.75) is 6.92 Å².